The summed E-state index contributed by atoms with van der Waals surface area (Å²) in [4.78, 5) is 17.2. The van der Waals surface area contributed by atoms with E-state index in [0.717, 1.165) is 43.3 Å². The van der Waals surface area contributed by atoms with Gasteiger partial charge in [-0.05, 0) is 68.8 Å². The van der Waals surface area contributed by atoms with E-state index < -0.39 is 0 Å². The zero-order valence-corrected chi connectivity index (χ0v) is 17.9. The SMILES string of the molecule is COc1cccc(NC(=O)N2CCC(N3CCC(Cc4ccccc4)CC3)CC2)c1. The number of piperidine rings is 2. The summed E-state index contributed by atoms with van der Waals surface area (Å²) >= 11 is 0. The molecule has 0 aromatic heterocycles. The van der Waals surface area contributed by atoms with Crippen LogP contribution in [-0.4, -0.2) is 55.2 Å². The van der Waals surface area contributed by atoms with Crippen molar-refractivity contribution in [1.29, 1.82) is 0 Å². The lowest BCUT2D eigenvalue weighted by molar-refractivity contribution is 0.0878. The number of amides is 2. The van der Waals surface area contributed by atoms with Gasteiger partial charge in [0.05, 0.1) is 7.11 Å². The van der Waals surface area contributed by atoms with Crippen LogP contribution in [0.25, 0.3) is 0 Å². The van der Waals surface area contributed by atoms with Crippen molar-refractivity contribution in [3.05, 3.63) is 60.2 Å². The van der Waals surface area contributed by atoms with E-state index in [-0.39, 0.29) is 6.03 Å². The van der Waals surface area contributed by atoms with Crippen LogP contribution in [0, 0.1) is 5.92 Å². The molecule has 4 rings (SSSR count). The summed E-state index contributed by atoms with van der Waals surface area (Å²) in [5.41, 5.74) is 2.24. The van der Waals surface area contributed by atoms with Gasteiger partial charge in [0.1, 0.15) is 5.75 Å². The predicted octanol–water partition coefficient (Wildman–Crippen LogP) is 4.65. The number of urea groups is 1. The first-order valence-electron chi connectivity index (χ1n) is 11.2. The molecule has 0 aliphatic carbocycles. The number of hydrogen-bond donors (Lipinski definition) is 1. The summed E-state index contributed by atoms with van der Waals surface area (Å²) < 4.78 is 5.23. The van der Waals surface area contributed by atoms with Gasteiger partial charge in [0, 0.05) is 30.9 Å². The number of benzene rings is 2. The third kappa shape index (κ3) is 5.33. The van der Waals surface area contributed by atoms with Crippen molar-refractivity contribution in [1.82, 2.24) is 9.80 Å². The van der Waals surface area contributed by atoms with Gasteiger partial charge in [-0.3, -0.25) is 0 Å². The molecule has 0 unspecified atom stereocenters. The molecule has 5 heteroatoms. The second-order valence-corrected chi connectivity index (χ2v) is 8.55. The van der Waals surface area contributed by atoms with Gasteiger partial charge in [-0.1, -0.05) is 36.4 Å². The number of nitrogens with one attached hydrogen (secondary N) is 1. The van der Waals surface area contributed by atoms with Gasteiger partial charge in [-0.15, -0.1) is 0 Å². The van der Waals surface area contributed by atoms with Gasteiger partial charge in [0.25, 0.3) is 0 Å². The maximum Gasteiger partial charge on any atom is 0.321 e. The van der Waals surface area contributed by atoms with Crippen LogP contribution in [0.1, 0.15) is 31.2 Å². The maximum atomic E-state index is 12.6. The van der Waals surface area contributed by atoms with E-state index in [9.17, 15) is 4.79 Å². The molecule has 0 spiro atoms. The number of hydrogen-bond acceptors (Lipinski definition) is 3. The molecule has 2 amide bonds. The minimum absolute atomic E-state index is 0.0109. The van der Waals surface area contributed by atoms with Crippen molar-refractivity contribution >= 4 is 11.7 Å². The quantitative estimate of drug-likeness (QED) is 0.785. The standard InChI is InChI=1S/C25H33N3O2/c1-30-24-9-5-8-22(19-24)26-25(29)28-16-12-23(13-17-28)27-14-10-21(11-15-27)18-20-6-3-2-4-7-20/h2-9,19,21,23H,10-18H2,1H3,(H,26,29). The minimum atomic E-state index is -0.0109. The Balaban J connectivity index is 1.20. The molecule has 2 saturated heterocycles. The number of methoxy groups -OCH3 is 1. The lowest BCUT2D eigenvalue weighted by atomic mass is 9.88. The molecule has 5 nitrogen and oxygen atoms in total. The summed E-state index contributed by atoms with van der Waals surface area (Å²) in [6.07, 6.45) is 5.90. The lowest BCUT2D eigenvalue weighted by Crippen LogP contribution is -2.49. The van der Waals surface area contributed by atoms with E-state index in [0.29, 0.717) is 6.04 Å². The van der Waals surface area contributed by atoms with Gasteiger partial charge in [-0.25, -0.2) is 4.79 Å². The molecule has 2 heterocycles. The van der Waals surface area contributed by atoms with Gasteiger partial charge >= 0.3 is 6.03 Å². The molecular formula is C25H33N3O2. The van der Waals surface area contributed by atoms with Crippen molar-refractivity contribution < 1.29 is 9.53 Å². The Morgan fingerprint density at radius 3 is 2.40 bits per heavy atom. The molecule has 2 aliphatic heterocycles. The molecule has 2 aromatic carbocycles. The lowest BCUT2D eigenvalue weighted by Gasteiger charge is -2.41. The molecule has 160 valence electrons. The van der Waals surface area contributed by atoms with Crippen molar-refractivity contribution in [3.63, 3.8) is 0 Å². The first kappa shape index (κ1) is 20.7. The van der Waals surface area contributed by atoms with Gasteiger partial charge in [-0.2, -0.15) is 0 Å². The highest BCUT2D eigenvalue weighted by Gasteiger charge is 2.29. The molecule has 2 aromatic rings. The van der Waals surface area contributed by atoms with E-state index in [2.05, 4.69) is 40.5 Å². The highest BCUT2D eigenvalue weighted by Crippen LogP contribution is 2.26. The largest absolute Gasteiger partial charge is 0.497 e. The Kier molecular flexibility index (Phi) is 6.90. The number of rotatable bonds is 5. The molecule has 0 atom stereocenters. The van der Waals surface area contributed by atoms with Crippen LogP contribution in [0.5, 0.6) is 5.75 Å². The fraction of sp³-hybridized carbons (Fsp3) is 0.480. The van der Waals surface area contributed by atoms with Crippen molar-refractivity contribution in [2.45, 2.75) is 38.1 Å². The van der Waals surface area contributed by atoms with Crippen LogP contribution in [0.2, 0.25) is 0 Å². The fourth-order valence-corrected chi connectivity index (χ4v) is 4.81. The zero-order chi connectivity index (χ0) is 20.8. The molecule has 0 saturated carbocycles. The second kappa shape index (κ2) is 9.98. The van der Waals surface area contributed by atoms with Crippen molar-refractivity contribution in [3.8, 4) is 5.75 Å². The third-order valence-electron chi connectivity index (χ3n) is 6.61. The van der Waals surface area contributed by atoms with Crippen LogP contribution in [0.4, 0.5) is 10.5 Å². The number of carbonyl (C=O) groups excluding carboxylic acids is 1. The number of nitrogens with zero attached hydrogens (tertiary/aromatic N) is 2. The Labute approximate surface area is 180 Å². The van der Waals surface area contributed by atoms with E-state index >= 15 is 0 Å². The minimum Gasteiger partial charge on any atom is -0.497 e. The first-order valence-corrected chi connectivity index (χ1v) is 11.2. The monoisotopic (exact) mass is 407 g/mol. The Hall–Kier alpha value is -2.53. The van der Waals surface area contributed by atoms with Crippen LogP contribution in [0.3, 0.4) is 0 Å². The number of likely N-dealkylation sites (tertiary alicyclic amines) is 2. The fourth-order valence-electron chi connectivity index (χ4n) is 4.81. The number of anilines is 1. The molecule has 2 aliphatic rings. The maximum absolute atomic E-state index is 12.6. The summed E-state index contributed by atoms with van der Waals surface area (Å²) in [7, 11) is 1.64. The van der Waals surface area contributed by atoms with Crippen LogP contribution >= 0.6 is 0 Å². The molecule has 0 bridgehead atoms. The van der Waals surface area contributed by atoms with Crippen molar-refractivity contribution in [2.75, 3.05) is 38.6 Å². The normalized spacial score (nSPS) is 18.9. The van der Waals surface area contributed by atoms with Gasteiger partial charge < -0.3 is 19.9 Å². The van der Waals surface area contributed by atoms with Crippen LogP contribution < -0.4 is 10.1 Å². The highest BCUT2D eigenvalue weighted by atomic mass is 16.5. The average Bonchev–Trinajstić information content (AvgIpc) is 2.80. The Bertz CT molecular complexity index is 810. The molecule has 0 radical (unpaired) electrons. The third-order valence-corrected chi connectivity index (χ3v) is 6.61. The zero-order valence-electron chi connectivity index (χ0n) is 17.9. The molecule has 30 heavy (non-hydrogen) atoms. The first-order chi connectivity index (χ1) is 14.7. The molecule has 2 fully saturated rings. The van der Waals surface area contributed by atoms with Crippen LogP contribution in [0.15, 0.2) is 54.6 Å². The van der Waals surface area contributed by atoms with E-state index in [1.807, 2.05) is 29.2 Å². The summed E-state index contributed by atoms with van der Waals surface area (Å²) in [5.74, 6) is 1.56. The Morgan fingerprint density at radius 2 is 1.70 bits per heavy atom. The predicted molar refractivity (Wildman–Crippen MR) is 121 cm³/mol. The molecule has 1 N–H and O–H groups in total. The van der Waals surface area contributed by atoms with Crippen molar-refractivity contribution in [2.24, 2.45) is 5.92 Å². The van der Waals surface area contributed by atoms with Crippen LogP contribution in [-0.2, 0) is 6.42 Å². The van der Waals surface area contributed by atoms with E-state index in [1.54, 1.807) is 7.11 Å². The highest BCUT2D eigenvalue weighted by molar-refractivity contribution is 5.89. The second-order valence-electron chi connectivity index (χ2n) is 8.55. The Morgan fingerprint density at radius 1 is 0.967 bits per heavy atom. The van der Waals surface area contributed by atoms with Gasteiger partial charge in [0.2, 0.25) is 0 Å². The molecular weight excluding hydrogens is 374 g/mol. The van der Waals surface area contributed by atoms with E-state index in [4.69, 9.17) is 4.74 Å². The summed E-state index contributed by atoms with van der Waals surface area (Å²) in [6.45, 7) is 4.03. The summed E-state index contributed by atoms with van der Waals surface area (Å²) in [6, 6.07) is 19.0. The average molecular weight is 408 g/mol. The number of ether oxygens (including phenoxy) is 1. The summed E-state index contributed by atoms with van der Waals surface area (Å²) in [5, 5.41) is 3.00. The smallest absolute Gasteiger partial charge is 0.321 e. The number of carbonyl (C=O) groups is 1. The topological polar surface area (TPSA) is 44.8 Å². The van der Waals surface area contributed by atoms with Gasteiger partial charge in [0.15, 0.2) is 0 Å². The van der Waals surface area contributed by atoms with E-state index in [1.165, 1.54) is 37.9 Å².